The Morgan fingerprint density at radius 2 is 1.56 bits per heavy atom. The van der Waals surface area contributed by atoms with E-state index in [1.54, 1.807) is 31.2 Å². The number of carbonyl (C=O) groups excluding carboxylic acids is 2. The van der Waals surface area contributed by atoms with Gasteiger partial charge in [-0.15, -0.1) is 0 Å². The van der Waals surface area contributed by atoms with Crippen molar-refractivity contribution in [2.45, 2.75) is 57.6 Å². The van der Waals surface area contributed by atoms with Crippen molar-refractivity contribution < 1.29 is 18.0 Å². The maximum atomic E-state index is 14.0. The quantitative estimate of drug-likeness (QED) is 0.265. The standard InChI is InChI=1S/C29H31Cl4N3O4S/c1-18-9-13-22(14-10-18)41(39,40)36(25-8-6-7-23(31)27(25)33)17-26(37)35(19(2)28(38)34-29(3,4)5)16-20-11-12-21(30)15-24(20)32/h6-15,19H,16-17H2,1-5H3,(H,34,38)/t19-/m0/s1. The topological polar surface area (TPSA) is 86.8 Å². The molecule has 0 aliphatic carbocycles. The Morgan fingerprint density at radius 3 is 2.15 bits per heavy atom. The Kier molecular flexibility index (Phi) is 10.6. The minimum Gasteiger partial charge on any atom is -0.350 e. The van der Waals surface area contributed by atoms with Crippen LogP contribution in [0.3, 0.4) is 0 Å². The number of hydrogen-bond donors (Lipinski definition) is 1. The number of hydrogen-bond acceptors (Lipinski definition) is 4. The molecular weight excluding hydrogens is 628 g/mol. The number of amides is 2. The zero-order valence-corrected chi connectivity index (χ0v) is 27.1. The summed E-state index contributed by atoms with van der Waals surface area (Å²) in [5.41, 5.74) is 0.822. The van der Waals surface area contributed by atoms with Crippen LogP contribution in [0.25, 0.3) is 0 Å². The normalized spacial score (nSPS) is 12.5. The van der Waals surface area contributed by atoms with Gasteiger partial charge in [-0.3, -0.25) is 13.9 Å². The minimum atomic E-state index is -4.30. The fourth-order valence-electron chi connectivity index (χ4n) is 3.93. The summed E-state index contributed by atoms with van der Waals surface area (Å²) in [5.74, 6) is -1.09. The van der Waals surface area contributed by atoms with E-state index < -0.39 is 40.0 Å². The van der Waals surface area contributed by atoms with Gasteiger partial charge in [-0.1, -0.05) is 76.2 Å². The molecule has 3 aromatic carbocycles. The molecule has 0 saturated carbocycles. The molecule has 3 aromatic rings. The van der Waals surface area contributed by atoms with Crippen molar-refractivity contribution >= 4 is 73.9 Å². The van der Waals surface area contributed by atoms with E-state index >= 15 is 0 Å². The largest absolute Gasteiger partial charge is 0.350 e. The van der Waals surface area contributed by atoms with Gasteiger partial charge in [-0.25, -0.2) is 8.42 Å². The number of carbonyl (C=O) groups is 2. The van der Waals surface area contributed by atoms with Crippen molar-refractivity contribution in [1.29, 1.82) is 0 Å². The predicted octanol–water partition coefficient (Wildman–Crippen LogP) is 7.14. The first-order valence-corrected chi connectivity index (χ1v) is 15.6. The SMILES string of the molecule is Cc1ccc(S(=O)(=O)N(CC(=O)N(Cc2ccc(Cl)cc2Cl)[C@@H](C)C(=O)NC(C)(C)C)c2cccc(Cl)c2Cl)cc1. The maximum Gasteiger partial charge on any atom is 0.264 e. The number of nitrogens with one attached hydrogen (secondary N) is 1. The van der Waals surface area contributed by atoms with E-state index in [2.05, 4.69) is 5.32 Å². The Hall–Kier alpha value is -2.49. The molecular formula is C29H31Cl4N3O4S. The first kappa shape index (κ1) is 33.0. The molecule has 3 rings (SSSR count). The summed E-state index contributed by atoms with van der Waals surface area (Å²) in [5, 5.41) is 3.64. The van der Waals surface area contributed by atoms with Gasteiger partial charge in [0.25, 0.3) is 10.0 Å². The lowest BCUT2D eigenvalue weighted by molar-refractivity contribution is -0.140. The van der Waals surface area contributed by atoms with Crippen molar-refractivity contribution in [2.75, 3.05) is 10.8 Å². The molecule has 12 heteroatoms. The number of halogens is 4. The van der Waals surface area contributed by atoms with Crippen LogP contribution < -0.4 is 9.62 Å². The van der Waals surface area contributed by atoms with E-state index in [-0.39, 0.29) is 27.2 Å². The van der Waals surface area contributed by atoms with Crippen LogP contribution in [-0.2, 0) is 26.2 Å². The average molecular weight is 659 g/mol. The Bertz CT molecular complexity index is 1540. The number of nitrogens with zero attached hydrogens (tertiary/aromatic N) is 2. The van der Waals surface area contributed by atoms with Crippen molar-refractivity contribution in [3.8, 4) is 0 Å². The van der Waals surface area contributed by atoms with Crippen LogP contribution in [0.15, 0.2) is 65.6 Å². The molecule has 0 saturated heterocycles. The van der Waals surface area contributed by atoms with Gasteiger partial charge in [-0.2, -0.15) is 0 Å². The molecule has 41 heavy (non-hydrogen) atoms. The zero-order chi connectivity index (χ0) is 30.7. The van der Waals surface area contributed by atoms with Gasteiger partial charge < -0.3 is 10.2 Å². The van der Waals surface area contributed by atoms with Crippen LogP contribution in [0, 0.1) is 6.92 Å². The first-order valence-electron chi connectivity index (χ1n) is 12.6. The molecule has 0 aliphatic heterocycles. The average Bonchev–Trinajstić information content (AvgIpc) is 2.87. The van der Waals surface area contributed by atoms with Crippen molar-refractivity contribution in [3.63, 3.8) is 0 Å². The lowest BCUT2D eigenvalue weighted by Crippen LogP contribution is -2.54. The van der Waals surface area contributed by atoms with Crippen LogP contribution in [0.1, 0.15) is 38.8 Å². The molecule has 1 atom stereocenters. The monoisotopic (exact) mass is 657 g/mol. The molecule has 0 fully saturated rings. The number of sulfonamides is 1. The molecule has 0 spiro atoms. The molecule has 1 N–H and O–H groups in total. The highest BCUT2D eigenvalue weighted by atomic mass is 35.5. The van der Waals surface area contributed by atoms with E-state index in [1.807, 2.05) is 27.7 Å². The van der Waals surface area contributed by atoms with E-state index in [1.165, 1.54) is 41.3 Å². The van der Waals surface area contributed by atoms with Gasteiger partial charge in [0.05, 0.1) is 20.6 Å². The van der Waals surface area contributed by atoms with Crippen LogP contribution >= 0.6 is 46.4 Å². The first-order chi connectivity index (χ1) is 19.0. The van der Waals surface area contributed by atoms with Gasteiger partial charge in [0.15, 0.2) is 0 Å². The maximum absolute atomic E-state index is 14.0. The molecule has 0 aliphatic rings. The highest BCUT2D eigenvalue weighted by Crippen LogP contribution is 2.36. The summed E-state index contributed by atoms with van der Waals surface area (Å²) in [6.45, 7) is 8.08. The number of benzene rings is 3. The molecule has 0 unspecified atom stereocenters. The fourth-order valence-corrected chi connectivity index (χ4v) is 6.27. The van der Waals surface area contributed by atoms with Crippen LogP contribution in [0.5, 0.6) is 0 Å². The van der Waals surface area contributed by atoms with Crippen molar-refractivity contribution in [1.82, 2.24) is 10.2 Å². The third-order valence-electron chi connectivity index (χ3n) is 6.11. The molecule has 220 valence electrons. The molecule has 0 heterocycles. The molecule has 0 bridgehead atoms. The number of aryl methyl sites for hydroxylation is 1. The second kappa shape index (κ2) is 13.2. The summed E-state index contributed by atoms with van der Waals surface area (Å²) < 4.78 is 28.8. The zero-order valence-electron chi connectivity index (χ0n) is 23.2. The highest BCUT2D eigenvalue weighted by molar-refractivity contribution is 7.92. The van der Waals surface area contributed by atoms with Gasteiger partial charge in [0.1, 0.15) is 12.6 Å². The van der Waals surface area contributed by atoms with Gasteiger partial charge in [-0.05, 0) is 76.6 Å². The Balaban J connectivity index is 2.10. The molecule has 2 amide bonds. The van der Waals surface area contributed by atoms with Crippen molar-refractivity contribution in [2.24, 2.45) is 0 Å². The fraction of sp³-hybridized carbons (Fsp3) is 0.310. The van der Waals surface area contributed by atoms with E-state index in [9.17, 15) is 18.0 Å². The summed E-state index contributed by atoms with van der Waals surface area (Å²) in [6, 6.07) is 14.5. The second-order valence-corrected chi connectivity index (χ2v) is 14.1. The smallest absolute Gasteiger partial charge is 0.264 e. The second-order valence-electron chi connectivity index (χ2n) is 10.6. The van der Waals surface area contributed by atoms with Crippen molar-refractivity contribution in [3.05, 3.63) is 91.9 Å². The Morgan fingerprint density at radius 1 is 0.927 bits per heavy atom. The van der Waals surface area contributed by atoms with E-state index in [4.69, 9.17) is 46.4 Å². The van der Waals surface area contributed by atoms with Gasteiger partial charge >= 0.3 is 0 Å². The number of rotatable bonds is 9. The number of anilines is 1. The van der Waals surface area contributed by atoms with Gasteiger partial charge in [0.2, 0.25) is 11.8 Å². The van der Waals surface area contributed by atoms with Crippen LogP contribution in [0.2, 0.25) is 20.1 Å². The van der Waals surface area contributed by atoms with Crippen LogP contribution in [0.4, 0.5) is 5.69 Å². The lowest BCUT2D eigenvalue weighted by Gasteiger charge is -2.34. The minimum absolute atomic E-state index is 0.0179. The molecule has 7 nitrogen and oxygen atoms in total. The van der Waals surface area contributed by atoms with E-state index in [0.29, 0.717) is 15.6 Å². The van der Waals surface area contributed by atoms with Gasteiger partial charge in [0, 0.05) is 22.1 Å². The summed E-state index contributed by atoms with van der Waals surface area (Å²) in [6.07, 6.45) is 0. The summed E-state index contributed by atoms with van der Waals surface area (Å²) in [7, 11) is -4.30. The third-order valence-corrected chi connectivity index (χ3v) is 9.28. The van der Waals surface area contributed by atoms with E-state index in [0.717, 1.165) is 9.87 Å². The highest BCUT2D eigenvalue weighted by Gasteiger charge is 2.34. The summed E-state index contributed by atoms with van der Waals surface area (Å²) in [4.78, 5) is 28.5. The Labute approximate surface area is 261 Å². The molecule has 0 radical (unpaired) electrons. The lowest BCUT2D eigenvalue weighted by atomic mass is 10.1. The predicted molar refractivity (Wildman–Crippen MR) is 167 cm³/mol. The third kappa shape index (κ3) is 8.30. The summed E-state index contributed by atoms with van der Waals surface area (Å²) >= 11 is 25.2. The van der Waals surface area contributed by atoms with Crippen LogP contribution in [-0.4, -0.2) is 43.3 Å². The molecule has 0 aromatic heterocycles.